The van der Waals surface area contributed by atoms with Gasteiger partial charge in [0.2, 0.25) is 10.4 Å². The molecule has 0 atom stereocenters. The monoisotopic (exact) mass is 1070 g/mol. The number of anilines is 1. The van der Waals surface area contributed by atoms with E-state index in [1.54, 1.807) is 0 Å². The quantitative estimate of drug-likeness (QED) is 0.00849. The zero-order chi connectivity index (χ0) is 44.5. The van der Waals surface area contributed by atoms with Gasteiger partial charge in [-0.05, 0) is 48.5 Å². The molecule has 36 heteroatoms. The van der Waals surface area contributed by atoms with Gasteiger partial charge in [-0.25, -0.2) is 33.7 Å². The molecule has 0 aliphatic rings. The van der Waals surface area contributed by atoms with Gasteiger partial charge >= 0.3 is 118 Å². The van der Waals surface area contributed by atoms with E-state index in [2.05, 4.69) is 43.4 Å². The van der Waals surface area contributed by atoms with Gasteiger partial charge in [0.05, 0.1) is 81.6 Å². The van der Waals surface area contributed by atoms with E-state index < -0.39 is 113 Å². The third-order valence-corrected chi connectivity index (χ3v) is 13.1. The largest absolute Gasteiger partial charge is 1.00 e. The molecular formula is C29H29N5Na4O21S6. The predicted molar refractivity (Wildman–Crippen MR) is 203 cm³/mol. The number of rotatable bonds is 22. The minimum atomic E-state index is -5.48. The van der Waals surface area contributed by atoms with Gasteiger partial charge in [0.1, 0.15) is 44.4 Å². The van der Waals surface area contributed by atoms with Crippen LogP contribution in [-0.4, -0.2) is 86.8 Å². The minimum Gasteiger partial charge on any atom is -0.744 e. The van der Waals surface area contributed by atoms with E-state index in [4.69, 9.17) is 19.4 Å². The Morgan fingerprint density at radius 3 is 1.66 bits per heavy atom. The molecule has 3 N–H and O–H groups in total. The molecule has 0 spiro atoms. The Kier molecular flexibility index (Phi) is 30.5. The summed E-state index contributed by atoms with van der Waals surface area (Å²) in [5.74, 6) is -2.77. The summed E-state index contributed by atoms with van der Waals surface area (Å²) in [5, 5.41) is 53.1. The van der Waals surface area contributed by atoms with E-state index in [0.29, 0.717) is 6.07 Å². The fraction of sp³-hybridized carbons (Fsp3) is 0.241. The van der Waals surface area contributed by atoms with Crippen LogP contribution in [0, 0.1) is 0 Å². The summed E-state index contributed by atoms with van der Waals surface area (Å²) in [6, 6.07) is 7.99. The van der Waals surface area contributed by atoms with Crippen LogP contribution in [0.15, 0.2) is 88.6 Å². The van der Waals surface area contributed by atoms with Gasteiger partial charge in [-0.3, -0.25) is 18.4 Å². The SMILES string of the molecule is C.COc1ccc(S(=O)(=O)CCOS(=O)(=O)[O-])cc1N=Nc1cc(S(=O)(=O)[O-])c2cc(SOO[O-])c(N=Nc3cc(S(=O)(=O)CCOSOO[O-])ccc3OC)c(O)c2c1N.[Na+].[Na+].[Na+].[Na+]. The van der Waals surface area contributed by atoms with Crippen molar-refractivity contribution in [2.75, 3.05) is 44.7 Å². The molecule has 0 heterocycles. The van der Waals surface area contributed by atoms with E-state index in [9.17, 15) is 58.4 Å². The minimum absolute atomic E-state index is 0. The Morgan fingerprint density at radius 2 is 1.18 bits per heavy atom. The molecule has 4 aromatic carbocycles. The van der Waals surface area contributed by atoms with Crippen molar-refractivity contribution in [1.29, 1.82) is 0 Å². The molecule has 0 unspecified atom stereocenters. The van der Waals surface area contributed by atoms with Crippen LogP contribution in [0.2, 0.25) is 0 Å². The molecule has 26 nitrogen and oxygen atoms in total. The Bertz CT molecular complexity index is 2760. The van der Waals surface area contributed by atoms with Crippen molar-refractivity contribution < 1.29 is 213 Å². The first-order valence-corrected chi connectivity index (χ1v) is 22.8. The van der Waals surface area contributed by atoms with Crippen molar-refractivity contribution in [3.05, 3.63) is 48.5 Å². The van der Waals surface area contributed by atoms with Gasteiger partial charge in [0, 0.05) is 5.39 Å². The van der Waals surface area contributed by atoms with Crippen molar-refractivity contribution in [3.8, 4) is 17.2 Å². The smallest absolute Gasteiger partial charge is 0.744 e. The molecule has 65 heavy (non-hydrogen) atoms. The number of hydrogen-bond donors (Lipinski definition) is 2. The van der Waals surface area contributed by atoms with Gasteiger partial charge in [-0.1, -0.05) is 7.43 Å². The maximum atomic E-state index is 12.9. The third kappa shape index (κ3) is 18.7. The number of hydrogen-bond acceptors (Lipinski definition) is 28. The topological polar surface area (TPSA) is 398 Å². The van der Waals surface area contributed by atoms with Crippen LogP contribution in [0.3, 0.4) is 0 Å². The Balaban J connectivity index is 0. The maximum absolute atomic E-state index is 12.9. The summed E-state index contributed by atoms with van der Waals surface area (Å²) in [6.07, 6.45) is 0. The second-order valence-corrected chi connectivity index (χ2v) is 18.8. The number of nitrogen functional groups attached to an aromatic ring is 1. The van der Waals surface area contributed by atoms with Gasteiger partial charge in [0.15, 0.2) is 37.7 Å². The zero-order valence-electron chi connectivity index (χ0n) is 33.9. The summed E-state index contributed by atoms with van der Waals surface area (Å²) in [4.78, 5) is -2.29. The number of nitrogens with zero attached hydrogens (tertiary/aromatic N) is 4. The Labute approximate surface area is 468 Å². The standard InChI is InChI=1S/C28H29N5O21S6.CH4.4Na/c1-47-21-5-4-16(58(39,40)10-8-50-60(44,45)46)11-18(21)30-32-20-14-24(59(41,42)43)17-13-23(55-53-51-35)27(28(34)25(17)26(20)29)33-31-19-12-15(3-6-22(19)48-2)57(37,38)9-7-49-56-54-52-36;;;;;/h3-6,11-14,34-36H,7-10,29H2,1-2H3,(H,41,42,43)(H,44,45,46);1H4;;;;/q;;4*+1/p-4. The van der Waals surface area contributed by atoms with Gasteiger partial charge in [-0.15, -0.1) is 24.8 Å². The Morgan fingerprint density at radius 1 is 0.692 bits per heavy atom. The molecule has 336 valence electrons. The first-order valence-electron chi connectivity index (χ1n) is 15.4. The van der Waals surface area contributed by atoms with Crippen molar-refractivity contribution >= 4 is 104 Å². The number of sulfone groups is 2. The summed E-state index contributed by atoms with van der Waals surface area (Å²) >= 11 is 0.153. The van der Waals surface area contributed by atoms with E-state index in [1.807, 2.05) is 0 Å². The third-order valence-electron chi connectivity index (χ3n) is 7.40. The molecule has 0 aliphatic carbocycles. The summed E-state index contributed by atoms with van der Waals surface area (Å²) in [6.45, 7) is -1.48. The average Bonchev–Trinajstić information content (AvgIpc) is 3.17. The molecular weight excluding hydrogens is 1040 g/mol. The van der Waals surface area contributed by atoms with E-state index in [1.165, 1.54) is 20.3 Å². The molecule has 0 amide bonds. The van der Waals surface area contributed by atoms with Crippen molar-refractivity contribution in [2.24, 2.45) is 20.5 Å². The molecule has 4 aromatic rings. The van der Waals surface area contributed by atoms with Crippen LogP contribution in [-0.2, 0) is 67.3 Å². The number of methoxy groups -OCH3 is 2. The predicted octanol–water partition coefficient (Wildman–Crippen LogP) is -9.41. The molecule has 0 saturated carbocycles. The Hall–Kier alpha value is -0.360. The number of aromatic hydroxyl groups is 1. The molecule has 4 rings (SSSR count). The van der Waals surface area contributed by atoms with Crippen molar-refractivity contribution in [2.45, 2.75) is 27.0 Å². The van der Waals surface area contributed by atoms with E-state index in [0.717, 1.165) is 36.4 Å². The van der Waals surface area contributed by atoms with Gasteiger partial charge in [-0.2, -0.15) is 4.33 Å². The van der Waals surface area contributed by atoms with E-state index in [-0.39, 0.29) is 178 Å². The molecule has 0 aromatic heterocycles. The van der Waals surface area contributed by atoms with Crippen LogP contribution >= 0.6 is 24.4 Å². The molecule has 0 radical (unpaired) electrons. The van der Waals surface area contributed by atoms with Crippen LogP contribution in [0.5, 0.6) is 17.2 Å². The summed E-state index contributed by atoms with van der Waals surface area (Å²) < 4.78 is 149. The maximum Gasteiger partial charge on any atom is 1.00 e. The van der Waals surface area contributed by atoms with Crippen molar-refractivity contribution in [1.82, 2.24) is 0 Å². The zero-order valence-corrected chi connectivity index (χ0v) is 46.8. The molecule has 0 saturated heterocycles. The first-order chi connectivity index (χ1) is 28.2. The average molecular weight is 1070 g/mol. The summed E-state index contributed by atoms with van der Waals surface area (Å²) in [7, 11) is -16.7. The number of azo groups is 2. The number of phenolic OH excluding ortho intramolecular Hbond substituents is 1. The van der Waals surface area contributed by atoms with Gasteiger partial charge < -0.3 is 39.9 Å². The number of benzene rings is 4. The first kappa shape index (κ1) is 66.7. The fourth-order valence-electron chi connectivity index (χ4n) is 4.79. The molecule has 0 bridgehead atoms. The van der Waals surface area contributed by atoms with Crippen LogP contribution in [0.4, 0.5) is 28.4 Å². The molecule has 0 fully saturated rings. The fourth-order valence-corrected chi connectivity index (χ4v) is 8.89. The van der Waals surface area contributed by atoms with Crippen LogP contribution < -0.4 is 144 Å². The summed E-state index contributed by atoms with van der Waals surface area (Å²) in [5.41, 5.74) is 3.91. The number of phenols is 1. The normalized spacial score (nSPS) is 11.8. The van der Waals surface area contributed by atoms with Crippen LogP contribution in [0.1, 0.15) is 7.43 Å². The van der Waals surface area contributed by atoms with Gasteiger partial charge in [0.25, 0.3) is 0 Å². The molecule has 0 aliphatic heterocycles. The second kappa shape index (κ2) is 29.7. The number of nitrogens with two attached hydrogens (primary N) is 1. The van der Waals surface area contributed by atoms with Crippen LogP contribution in [0.25, 0.3) is 10.8 Å². The van der Waals surface area contributed by atoms with Crippen molar-refractivity contribution in [3.63, 3.8) is 0 Å². The van der Waals surface area contributed by atoms with E-state index >= 15 is 0 Å². The number of ether oxygens (including phenoxy) is 2. The number of fused-ring (bicyclic) bond motifs is 1. The second-order valence-electron chi connectivity index (χ2n) is 10.9.